The van der Waals surface area contributed by atoms with Crippen LogP contribution in [-0.4, -0.2) is 40.2 Å². The minimum atomic E-state index is -1.02. The maximum Gasteiger partial charge on any atom is 0.266 e. The van der Waals surface area contributed by atoms with Gasteiger partial charge in [0.2, 0.25) is 0 Å². The predicted octanol–water partition coefficient (Wildman–Crippen LogP) is 3.12. The largest absolute Gasteiger partial charge is 0.478 e. The number of hydrogen-bond acceptors (Lipinski definition) is 3. The maximum absolute atomic E-state index is 12.6. The Morgan fingerprint density at radius 1 is 1.24 bits per heavy atom. The molecule has 0 atom stereocenters. The minimum Gasteiger partial charge on any atom is -0.478 e. The van der Waals surface area contributed by atoms with Crippen molar-refractivity contribution >= 4 is 17.5 Å². The number of likely N-dealkylation sites (N-methyl/N-ethyl adjacent to an activating group) is 1. The second-order valence-electron chi connectivity index (χ2n) is 6.20. The van der Waals surface area contributed by atoms with E-state index in [1.807, 2.05) is 6.92 Å². The van der Waals surface area contributed by atoms with E-state index in [0.717, 1.165) is 0 Å². The number of halogens is 1. The average molecular weight is 314 g/mol. The van der Waals surface area contributed by atoms with E-state index in [1.54, 1.807) is 56.9 Å². The first-order valence-corrected chi connectivity index (χ1v) is 7.39. The summed E-state index contributed by atoms with van der Waals surface area (Å²) >= 11 is 5.83. The van der Waals surface area contributed by atoms with Crippen molar-refractivity contribution in [3.63, 3.8) is 0 Å². The molecule has 118 valence electrons. The van der Waals surface area contributed by atoms with Crippen LogP contribution in [0.3, 0.4) is 0 Å². The molecule has 0 aliphatic heterocycles. The van der Waals surface area contributed by atoms with E-state index in [1.165, 1.54) is 0 Å². The van der Waals surface area contributed by atoms with Crippen LogP contribution in [0.15, 0.2) is 24.3 Å². The van der Waals surface area contributed by atoms with Crippen LogP contribution in [0.5, 0.6) is 5.75 Å². The number of nitrogens with zero attached hydrogens (tertiary/aromatic N) is 1. The van der Waals surface area contributed by atoms with Crippen LogP contribution >= 0.6 is 11.6 Å². The molecular formula is C16H24ClNO3. The molecule has 0 aliphatic carbocycles. The van der Waals surface area contributed by atoms with Gasteiger partial charge in [-0.15, -0.1) is 0 Å². The number of hydrogen-bond donors (Lipinski definition) is 1. The Hall–Kier alpha value is -1.26. The molecule has 1 N–H and O–H groups in total. The van der Waals surface area contributed by atoms with Crippen molar-refractivity contribution in [2.45, 2.75) is 45.8 Å². The second kappa shape index (κ2) is 6.67. The molecule has 5 heteroatoms. The lowest BCUT2D eigenvalue weighted by Gasteiger charge is -2.34. The average Bonchev–Trinajstić information content (AvgIpc) is 2.36. The maximum atomic E-state index is 12.6. The molecule has 0 fully saturated rings. The summed E-state index contributed by atoms with van der Waals surface area (Å²) in [6, 6.07) is 6.88. The second-order valence-corrected chi connectivity index (χ2v) is 6.63. The van der Waals surface area contributed by atoms with Crippen molar-refractivity contribution in [3.8, 4) is 5.75 Å². The van der Waals surface area contributed by atoms with Gasteiger partial charge in [0.05, 0.1) is 5.60 Å². The summed E-state index contributed by atoms with van der Waals surface area (Å²) in [7, 11) is 0. The molecule has 0 aliphatic rings. The van der Waals surface area contributed by atoms with Crippen molar-refractivity contribution in [2.75, 3.05) is 13.1 Å². The Morgan fingerprint density at radius 3 is 2.19 bits per heavy atom. The van der Waals surface area contributed by atoms with E-state index < -0.39 is 11.2 Å². The standard InChI is InChI=1S/C16H24ClNO3/c1-6-18(11-15(2,3)20)14(19)16(4,5)21-13-9-7-12(17)8-10-13/h7-10,20H,6,11H2,1-5H3. The summed E-state index contributed by atoms with van der Waals surface area (Å²) in [4.78, 5) is 14.2. The van der Waals surface area contributed by atoms with Crippen LogP contribution in [0.1, 0.15) is 34.6 Å². The SMILES string of the molecule is CCN(CC(C)(C)O)C(=O)C(C)(C)Oc1ccc(Cl)cc1. The van der Waals surface area contributed by atoms with Gasteiger partial charge >= 0.3 is 0 Å². The summed E-state index contributed by atoms with van der Waals surface area (Å²) in [5, 5.41) is 10.5. The van der Waals surface area contributed by atoms with Crippen LogP contribution in [0.4, 0.5) is 0 Å². The zero-order chi connectivity index (χ0) is 16.3. The highest BCUT2D eigenvalue weighted by atomic mass is 35.5. The molecule has 21 heavy (non-hydrogen) atoms. The highest BCUT2D eigenvalue weighted by Gasteiger charge is 2.35. The van der Waals surface area contributed by atoms with Gasteiger partial charge in [-0.3, -0.25) is 4.79 Å². The van der Waals surface area contributed by atoms with E-state index >= 15 is 0 Å². The molecule has 0 radical (unpaired) electrons. The van der Waals surface area contributed by atoms with Crippen LogP contribution < -0.4 is 4.74 Å². The topological polar surface area (TPSA) is 49.8 Å². The molecule has 4 nitrogen and oxygen atoms in total. The molecule has 0 bridgehead atoms. The molecular weight excluding hydrogens is 290 g/mol. The van der Waals surface area contributed by atoms with Gasteiger partial charge in [-0.1, -0.05) is 11.6 Å². The fourth-order valence-corrected chi connectivity index (χ4v) is 2.14. The van der Waals surface area contributed by atoms with Crippen molar-refractivity contribution < 1.29 is 14.6 Å². The first-order valence-electron chi connectivity index (χ1n) is 7.01. The summed E-state index contributed by atoms with van der Waals surface area (Å²) in [6.45, 7) is 9.44. The fourth-order valence-electron chi connectivity index (χ4n) is 2.02. The first kappa shape index (κ1) is 17.8. The number of ether oxygens (including phenoxy) is 1. The number of carbonyl (C=O) groups excluding carboxylic acids is 1. The monoisotopic (exact) mass is 313 g/mol. The smallest absolute Gasteiger partial charge is 0.266 e. The van der Waals surface area contributed by atoms with Crippen molar-refractivity contribution in [3.05, 3.63) is 29.3 Å². The number of carbonyl (C=O) groups is 1. The number of amides is 1. The molecule has 0 aromatic heterocycles. The summed E-state index contributed by atoms with van der Waals surface area (Å²) in [6.07, 6.45) is 0. The van der Waals surface area contributed by atoms with Crippen molar-refractivity contribution in [1.82, 2.24) is 4.90 Å². The Balaban J connectivity index is 2.84. The predicted molar refractivity (Wildman–Crippen MR) is 84.7 cm³/mol. The van der Waals surface area contributed by atoms with Gasteiger partial charge in [-0.2, -0.15) is 0 Å². The van der Waals surface area contributed by atoms with E-state index in [4.69, 9.17) is 16.3 Å². The van der Waals surface area contributed by atoms with E-state index in [0.29, 0.717) is 17.3 Å². The Labute approximate surface area is 131 Å². The molecule has 1 aromatic carbocycles. The summed E-state index contributed by atoms with van der Waals surface area (Å²) in [5.74, 6) is 0.416. The van der Waals surface area contributed by atoms with Crippen molar-refractivity contribution in [2.24, 2.45) is 0 Å². The van der Waals surface area contributed by atoms with Crippen LogP contribution in [0, 0.1) is 0 Å². The Morgan fingerprint density at radius 2 is 1.76 bits per heavy atom. The minimum absolute atomic E-state index is 0.165. The van der Waals surface area contributed by atoms with Gasteiger partial charge in [0, 0.05) is 18.1 Å². The first-order chi connectivity index (χ1) is 9.55. The third-order valence-electron chi connectivity index (χ3n) is 2.95. The molecule has 1 rings (SSSR count). The van der Waals surface area contributed by atoms with Crippen LogP contribution in [0.2, 0.25) is 5.02 Å². The molecule has 0 unspecified atom stereocenters. The fraction of sp³-hybridized carbons (Fsp3) is 0.562. The van der Waals surface area contributed by atoms with Crippen LogP contribution in [-0.2, 0) is 4.79 Å². The van der Waals surface area contributed by atoms with Gasteiger partial charge in [0.1, 0.15) is 5.75 Å². The van der Waals surface area contributed by atoms with Crippen LogP contribution in [0.25, 0.3) is 0 Å². The number of benzene rings is 1. The summed E-state index contributed by atoms with van der Waals surface area (Å²) < 4.78 is 5.78. The third-order valence-corrected chi connectivity index (χ3v) is 3.20. The highest BCUT2D eigenvalue weighted by molar-refractivity contribution is 6.30. The molecule has 0 saturated heterocycles. The number of aliphatic hydroxyl groups is 1. The Kier molecular flexibility index (Phi) is 5.65. The molecule has 1 aromatic rings. The summed E-state index contributed by atoms with van der Waals surface area (Å²) in [5.41, 5.74) is -1.96. The lowest BCUT2D eigenvalue weighted by Crippen LogP contribution is -2.52. The van der Waals surface area contributed by atoms with E-state index in [9.17, 15) is 9.90 Å². The van der Waals surface area contributed by atoms with Gasteiger partial charge in [-0.05, 0) is 58.9 Å². The Bertz CT molecular complexity index is 477. The zero-order valence-electron chi connectivity index (χ0n) is 13.3. The normalized spacial score (nSPS) is 12.1. The van der Waals surface area contributed by atoms with E-state index in [2.05, 4.69) is 0 Å². The van der Waals surface area contributed by atoms with Gasteiger partial charge in [-0.25, -0.2) is 0 Å². The molecule has 0 spiro atoms. The molecule has 1 amide bonds. The lowest BCUT2D eigenvalue weighted by atomic mass is 10.0. The quantitative estimate of drug-likeness (QED) is 0.878. The van der Waals surface area contributed by atoms with Gasteiger partial charge in [0.25, 0.3) is 5.91 Å². The van der Waals surface area contributed by atoms with Gasteiger partial charge in [0.15, 0.2) is 5.60 Å². The van der Waals surface area contributed by atoms with E-state index in [-0.39, 0.29) is 12.5 Å². The van der Waals surface area contributed by atoms with Gasteiger partial charge < -0.3 is 14.7 Å². The lowest BCUT2D eigenvalue weighted by molar-refractivity contribution is -0.148. The number of rotatable bonds is 6. The van der Waals surface area contributed by atoms with Crippen molar-refractivity contribution in [1.29, 1.82) is 0 Å². The third kappa shape index (κ3) is 5.56. The highest BCUT2D eigenvalue weighted by Crippen LogP contribution is 2.23. The molecule has 0 heterocycles. The zero-order valence-corrected chi connectivity index (χ0v) is 14.1. The molecule has 0 saturated carbocycles.